The fourth-order valence-corrected chi connectivity index (χ4v) is 2.71. The summed E-state index contributed by atoms with van der Waals surface area (Å²) in [6.07, 6.45) is 1.50. The average Bonchev–Trinajstić information content (AvgIpc) is 2.97. The number of carbonyl (C=O) groups is 2. The molecular formula is C14H14N2O4S. The minimum atomic E-state index is -0.598. The molecule has 0 radical (unpaired) electrons. The number of amides is 2. The lowest BCUT2D eigenvalue weighted by molar-refractivity contribution is -0.108. The van der Waals surface area contributed by atoms with Crippen LogP contribution < -0.4 is 16.3 Å². The predicted octanol–water partition coefficient (Wildman–Crippen LogP) is 1.41. The summed E-state index contributed by atoms with van der Waals surface area (Å²) in [5.41, 5.74) is 0.187. The molecule has 6 nitrogen and oxygen atoms in total. The van der Waals surface area contributed by atoms with E-state index in [4.69, 9.17) is 4.42 Å². The molecule has 2 rings (SSSR count). The highest BCUT2D eigenvalue weighted by molar-refractivity contribution is 7.09. The van der Waals surface area contributed by atoms with Crippen molar-refractivity contribution in [3.05, 3.63) is 50.0 Å². The second-order valence-electron chi connectivity index (χ2n) is 4.22. The van der Waals surface area contributed by atoms with Crippen LogP contribution in [0.15, 0.2) is 32.8 Å². The third-order valence-electron chi connectivity index (χ3n) is 2.91. The summed E-state index contributed by atoms with van der Waals surface area (Å²) in [6.45, 7) is 0. The first-order chi connectivity index (χ1) is 10.2. The summed E-state index contributed by atoms with van der Waals surface area (Å²) in [7, 11) is 1.54. The zero-order valence-corrected chi connectivity index (χ0v) is 12.2. The number of thiophene rings is 1. The van der Waals surface area contributed by atoms with Crippen LogP contribution in [0.2, 0.25) is 0 Å². The summed E-state index contributed by atoms with van der Waals surface area (Å²) >= 11 is 1.61. The topological polar surface area (TPSA) is 88.4 Å². The smallest absolute Gasteiger partial charge is 0.337 e. The van der Waals surface area contributed by atoms with Crippen LogP contribution in [0.5, 0.6) is 0 Å². The largest absolute Gasteiger partial charge is 0.406 e. The molecule has 2 N–H and O–H groups in total. The number of rotatable bonds is 6. The molecule has 110 valence electrons. The Balaban J connectivity index is 2.37. The Morgan fingerprint density at radius 3 is 2.86 bits per heavy atom. The van der Waals surface area contributed by atoms with Crippen LogP contribution in [-0.4, -0.2) is 19.4 Å². The van der Waals surface area contributed by atoms with Crippen molar-refractivity contribution in [1.29, 1.82) is 0 Å². The second kappa shape index (κ2) is 6.85. The maximum atomic E-state index is 12.0. The van der Waals surface area contributed by atoms with E-state index in [9.17, 15) is 14.4 Å². The van der Waals surface area contributed by atoms with Gasteiger partial charge in [-0.25, -0.2) is 4.79 Å². The Hall–Kier alpha value is -2.41. The van der Waals surface area contributed by atoms with E-state index < -0.39 is 11.5 Å². The Morgan fingerprint density at radius 2 is 2.24 bits per heavy atom. The van der Waals surface area contributed by atoms with Crippen molar-refractivity contribution in [2.45, 2.75) is 12.8 Å². The minimum Gasteiger partial charge on any atom is -0.406 e. The fourth-order valence-electron chi connectivity index (χ4n) is 2.00. The Bertz CT molecular complexity index is 691. The van der Waals surface area contributed by atoms with Crippen LogP contribution in [0.3, 0.4) is 0 Å². The lowest BCUT2D eigenvalue weighted by atomic mass is 10.0. The van der Waals surface area contributed by atoms with E-state index in [1.54, 1.807) is 18.4 Å². The molecule has 2 aromatic heterocycles. The van der Waals surface area contributed by atoms with Crippen molar-refractivity contribution in [1.82, 2.24) is 5.32 Å². The number of nitrogens with one attached hydrogen (secondary N) is 2. The van der Waals surface area contributed by atoms with Crippen molar-refractivity contribution < 1.29 is 14.0 Å². The van der Waals surface area contributed by atoms with Gasteiger partial charge in [0.1, 0.15) is 5.56 Å². The summed E-state index contributed by atoms with van der Waals surface area (Å²) in [4.78, 5) is 35.2. The van der Waals surface area contributed by atoms with Crippen molar-refractivity contribution >= 4 is 29.5 Å². The molecule has 21 heavy (non-hydrogen) atoms. The average molecular weight is 306 g/mol. The molecule has 2 amide bonds. The molecule has 0 aliphatic carbocycles. The highest BCUT2D eigenvalue weighted by Crippen LogP contribution is 2.20. The van der Waals surface area contributed by atoms with Gasteiger partial charge in [-0.2, -0.15) is 0 Å². The maximum absolute atomic E-state index is 12.0. The maximum Gasteiger partial charge on any atom is 0.337 e. The number of anilines is 1. The first kappa shape index (κ1) is 15.0. The molecule has 0 atom stereocenters. The Labute approximate surface area is 124 Å². The van der Waals surface area contributed by atoms with E-state index in [1.807, 2.05) is 17.5 Å². The van der Waals surface area contributed by atoms with E-state index in [-0.39, 0.29) is 11.4 Å². The van der Waals surface area contributed by atoms with Crippen molar-refractivity contribution in [2.75, 3.05) is 12.4 Å². The lowest BCUT2D eigenvalue weighted by Gasteiger charge is -2.10. The van der Waals surface area contributed by atoms with Crippen molar-refractivity contribution in [3.63, 3.8) is 0 Å². The third kappa shape index (κ3) is 3.57. The highest BCUT2D eigenvalue weighted by atomic mass is 32.1. The molecule has 0 bridgehead atoms. The van der Waals surface area contributed by atoms with E-state index >= 15 is 0 Å². The molecular weight excluding hydrogens is 292 g/mol. The summed E-state index contributed by atoms with van der Waals surface area (Å²) in [6, 6.07) is 5.22. The van der Waals surface area contributed by atoms with Gasteiger partial charge in [-0.05, 0) is 29.9 Å². The van der Waals surface area contributed by atoms with Crippen LogP contribution in [0.4, 0.5) is 5.88 Å². The van der Waals surface area contributed by atoms with Gasteiger partial charge in [0.2, 0.25) is 12.3 Å². The quantitative estimate of drug-likeness (QED) is 0.788. The van der Waals surface area contributed by atoms with Crippen LogP contribution >= 0.6 is 11.3 Å². The van der Waals surface area contributed by atoms with Crippen LogP contribution in [0.25, 0.3) is 0 Å². The van der Waals surface area contributed by atoms with Gasteiger partial charge in [-0.3, -0.25) is 14.9 Å². The molecule has 0 aliphatic heterocycles. The minimum absolute atomic E-state index is 0.0584. The predicted molar refractivity (Wildman–Crippen MR) is 79.8 cm³/mol. The van der Waals surface area contributed by atoms with Crippen molar-refractivity contribution in [3.8, 4) is 0 Å². The number of aryl methyl sites for hydroxylation is 2. The number of imide groups is 1. The zero-order chi connectivity index (χ0) is 15.2. The van der Waals surface area contributed by atoms with Gasteiger partial charge in [0.15, 0.2) is 0 Å². The zero-order valence-electron chi connectivity index (χ0n) is 11.3. The molecule has 0 saturated heterocycles. The molecule has 0 unspecified atom stereocenters. The summed E-state index contributed by atoms with van der Waals surface area (Å²) < 4.78 is 4.96. The number of hydrogen-bond acceptors (Lipinski definition) is 6. The number of hydrogen-bond donors (Lipinski definition) is 2. The fraction of sp³-hybridized carbons (Fsp3) is 0.214. The van der Waals surface area contributed by atoms with Gasteiger partial charge in [0.05, 0.1) is 0 Å². The van der Waals surface area contributed by atoms with Gasteiger partial charge in [-0.1, -0.05) is 6.07 Å². The van der Waals surface area contributed by atoms with Gasteiger partial charge in [0, 0.05) is 18.0 Å². The van der Waals surface area contributed by atoms with Gasteiger partial charge in [-0.15, -0.1) is 11.3 Å². The standard InChI is InChI=1S/C14H14N2O4S/c1-15-14-12(13(19)16-8-17)9(7-11(18)20-14)4-5-10-3-2-6-21-10/h2-3,6-8,15H,4-5H2,1H3,(H,16,17,19). The first-order valence-corrected chi connectivity index (χ1v) is 7.15. The highest BCUT2D eigenvalue weighted by Gasteiger charge is 2.19. The Morgan fingerprint density at radius 1 is 1.43 bits per heavy atom. The van der Waals surface area contributed by atoms with E-state index in [0.29, 0.717) is 24.8 Å². The molecule has 0 spiro atoms. The lowest BCUT2D eigenvalue weighted by Crippen LogP contribution is -2.25. The molecule has 2 heterocycles. The monoisotopic (exact) mass is 306 g/mol. The summed E-state index contributed by atoms with van der Waals surface area (Å²) in [5, 5.41) is 6.71. The molecule has 2 aromatic rings. The van der Waals surface area contributed by atoms with Crippen LogP contribution in [0, 0.1) is 0 Å². The van der Waals surface area contributed by atoms with Gasteiger partial charge in [0.25, 0.3) is 5.91 Å². The van der Waals surface area contributed by atoms with Crippen molar-refractivity contribution in [2.24, 2.45) is 0 Å². The van der Waals surface area contributed by atoms with Crippen LogP contribution in [-0.2, 0) is 17.6 Å². The van der Waals surface area contributed by atoms with E-state index in [2.05, 4.69) is 10.6 Å². The summed E-state index contributed by atoms with van der Waals surface area (Å²) in [5.74, 6) is -0.540. The molecule has 0 aliphatic rings. The normalized spacial score (nSPS) is 10.1. The van der Waals surface area contributed by atoms with Gasteiger partial charge >= 0.3 is 5.63 Å². The Kier molecular flexibility index (Phi) is 4.89. The number of carbonyl (C=O) groups excluding carboxylic acids is 2. The van der Waals surface area contributed by atoms with Gasteiger partial charge < -0.3 is 9.73 Å². The first-order valence-electron chi connectivity index (χ1n) is 6.27. The second-order valence-corrected chi connectivity index (χ2v) is 5.25. The SMILES string of the molecule is CNc1oc(=O)cc(CCc2cccs2)c1C(=O)NC=O. The van der Waals surface area contributed by atoms with E-state index in [1.165, 1.54) is 6.07 Å². The molecule has 0 saturated carbocycles. The molecule has 0 fully saturated rings. The van der Waals surface area contributed by atoms with E-state index in [0.717, 1.165) is 4.88 Å². The van der Waals surface area contributed by atoms with Crippen LogP contribution in [0.1, 0.15) is 20.8 Å². The molecule has 7 heteroatoms. The molecule has 0 aromatic carbocycles. The third-order valence-corrected chi connectivity index (χ3v) is 3.84.